The van der Waals surface area contributed by atoms with E-state index in [1.807, 2.05) is 0 Å². The number of carbonyl (C=O) groups is 1. The van der Waals surface area contributed by atoms with E-state index in [0.717, 1.165) is 12.1 Å². The third-order valence-corrected chi connectivity index (χ3v) is 2.99. The number of carboxylic acids is 1. The molecule has 0 radical (unpaired) electrons. The number of rotatable bonds is 3. The third kappa shape index (κ3) is 2.92. The Morgan fingerprint density at radius 2 is 1.90 bits per heavy atom. The molecule has 0 bridgehead atoms. The smallest absolute Gasteiger partial charge is 0.354 e. The Balaban J connectivity index is 2.45. The van der Waals surface area contributed by atoms with Crippen LogP contribution in [0.1, 0.15) is 10.5 Å². The standard InChI is InChI=1S/C12H8Cl2FN3O2/c13-6-3-5(15)4-7(14)10(6)18-11-8(16)1-2-9(17-11)12(19)20/h1-4H,16H2,(H,17,18)(H,19,20). The summed E-state index contributed by atoms with van der Waals surface area (Å²) in [5.41, 5.74) is 5.88. The predicted octanol–water partition coefficient (Wildman–Crippen LogP) is 3.55. The molecule has 0 spiro atoms. The molecule has 2 aromatic rings. The van der Waals surface area contributed by atoms with Crippen molar-refractivity contribution in [2.24, 2.45) is 0 Å². The van der Waals surface area contributed by atoms with Crippen LogP contribution in [0.4, 0.5) is 21.6 Å². The van der Waals surface area contributed by atoms with Crippen LogP contribution in [0, 0.1) is 5.82 Å². The van der Waals surface area contributed by atoms with Crippen molar-refractivity contribution in [2.45, 2.75) is 0 Å². The molecule has 1 aromatic carbocycles. The van der Waals surface area contributed by atoms with Gasteiger partial charge in [0.15, 0.2) is 11.5 Å². The normalized spacial score (nSPS) is 10.3. The molecule has 104 valence electrons. The fraction of sp³-hybridized carbons (Fsp3) is 0. The van der Waals surface area contributed by atoms with Crippen LogP contribution in [-0.2, 0) is 0 Å². The van der Waals surface area contributed by atoms with Crippen molar-refractivity contribution < 1.29 is 14.3 Å². The first kappa shape index (κ1) is 14.4. The number of nitrogens with zero attached hydrogens (tertiary/aromatic N) is 1. The molecule has 0 saturated carbocycles. The molecule has 0 aliphatic heterocycles. The van der Waals surface area contributed by atoms with E-state index in [0.29, 0.717) is 0 Å². The van der Waals surface area contributed by atoms with Gasteiger partial charge in [-0.2, -0.15) is 0 Å². The van der Waals surface area contributed by atoms with Gasteiger partial charge in [-0.1, -0.05) is 23.2 Å². The molecule has 0 aliphatic carbocycles. The molecule has 4 N–H and O–H groups in total. The largest absolute Gasteiger partial charge is 0.477 e. The Morgan fingerprint density at radius 1 is 1.30 bits per heavy atom. The summed E-state index contributed by atoms with van der Waals surface area (Å²) in [5.74, 6) is -1.73. The van der Waals surface area contributed by atoms with E-state index in [9.17, 15) is 9.18 Å². The summed E-state index contributed by atoms with van der Waals surface area (Å²) in [6.07, 6.45) is 0. The summed E-state index contributed by atoms with van der Waals surface area (Å²) in [6, 6.07) is 4.76. The second kappa shape index (κ2) is 5.52. The summed E-state index contributed by atoms with van der Waals surface area (Å²) in [4.78, 5) is 14.7. The molecule has 0 fully saturated rings. The van der Waals surface area contributed by atoms with Gasteiger partial charge in [-0.3, -0.25) is 0 Å². The molecule has 0 unspecified atom stereocenters. The minimum absolute atomic E-state index is 0.0249. The van der Waals surface area contributed by atoms with Crippen LogP contribution < -0.4 is 11.1 Å². The number of carboxylic acid groups (broad SMARTS) is 1. The first-order valence-corrected chi connectivity index (χ1v) is 6.05. The monoisotopic (exact) mass is 315 g/mol. The lowest BCUT2D eigenvalue weighted by atomic mass is 10.2. The van der Waals surface area contributed by atoms with Crippen LogP contribution in [0.25, 0.3) is 0 Å². The number of halogens is 3. The molecule has 5 nitrogen and oxygen atoms in total. The fourth-order valence-electron chi connectivity index (χ4n) is 1.47. The van der Waals surface area contributed by atoms with Crippen LogP contribution >= 0.6 is 23.2 Å². The van der Waals surface area contributed by atoms with Gasteiger partial charge in [0.05, 0.1) is 21.4 Å². The van der Waals surface area contributed by atoms with Crippen LogP contribution in [0.5, 0.6) is 0 Å². The van der Waals surface area contributed by atoms with Gasteiger partial charge in [0.25, 0.3) is 0 Å². The molecule has 0 amide bonds. The van der Waals surface area contributed by atoms with Crippen molar-refractivity contribution in [3.63, 3.8) is 0 Å². The molecule has 1 aromatic heterocycles. The summed E-state index contributed by atoms with van der Waals surface area (Å²) >= 11 is 11.7. The van der Waals surface area contributed by atoms with Crippen LogP contribution in [-0.4, -0.2) is 16.1 Å². The lowest BCUT2D eigenvalue weighted by molar-refractivity contribution is 0.0690. The Labute approximate surface area is 123 Å². The summed E-state index contributed by atoms with van der Waals surface area (Å²) in [6.45, 7) is 0. The number of pyridine rings is 1. The van der Waals surface area contributed by atoms with Crippen molar-refractivity contribution in [1.29, 1.82) is 0 Å². The van der Waals surface area contributed by atoms with E-state index < -0.39 is 11.8 Å². The lowest BCUT2D eigenvalue weighted by Crippen LogP contribution is -2.06. The Kier molecular flexibility index (Phi) is 3.96. The molecular weight excluding hydrogens is 308 g/mol. The van der Waals surface area contributed by atoms with Crippen LogP contribution in [0.3, 0.4) is 0 Å². The van der Waals surface area contributed by atoms with Crippen molar-refractivity contribution in [1.82, 2.24) is 4.98 Å². The van der Waals surface area contributed by atoms with E-state index in [2.05, 4.69) is 10.3 Å². The van der Waals surface area contributed by atoms with Crippen molar-refractivity contribution >= 4 is 46.4 Å². The first-order chi connectivity index (χ1) is 9.38. The molecule has 0 atom stereocenters. The third-order valence-electron chi connectivity index (χ3n) is 2.40. The van der Waals surface area contributed by atoms with Gasteiger partial charge < -0.3 is 16.2 Å². The highest BCUT2D eigenvalue weighted by atomic mass is 35.5. The topological polar surface area (TPSA) is 88.2 Å². The van der Waals surface area contributed by atoms with Crippen molar-refractivity contribution in [2.75, 3.05) is 11.1 Å². The summed E-state index contributed by atoms with van der Waals surface area (Å²) < 4.78 is 13.1. The Bertz CT molecular complexity index is 671. The van der Waals surface area contributed by atoms with E-state index in [1.54, 1.807) is 0 Å². The predicted molar refractivity (Wildman–Crippen MR) is 75.3 cm³/mol. The molecule has 8 heteroatoms. The maximum Gasteiger partial charge on any atom is 0.354 e. The number of nitrogens with two attached hydrogens (primary N) is 1. The highest BCUT2D eigenvalue weighted by Crippen LogP contribution is 2.34. The Hall–Kier alpha value is -2.05. The van der Waals surface area contributed by atoms with Gasteiger partial charge in [0, 0.05) is 0 Å². The number of hydrogen-bond donors (Lipinski definition) is 3. The van der Waals surface area contributed by atoms with Crippen LogP contribution in [0.15, 0.2) is 24.3 Å². The second-order valence-electron chi connectivity index (χ2n) is 3.81. The average Bonchev–Trinajstić information content (AvgIpc) is 2.35. The zero-order valence-corrected chi connectivity index (χ0v) is 11.3. The maximum atomic E-state index is 13.1. The zero-order valence-electron chi connectivity index (χ0n) is 9.82. The van der Waals surface area contributed by atoms with Gasteiger partial charge in [-0.15, -0.1) is 0 Å². The highest BCUT2D eigenvalue weighted by molar-refractivity contribution is 6.39. The SMILES string of the molecule is Nc1ccc(C(=O)O)nc1Nc1c(Cl)cc(F)cc1Cl. The van der Waals surface area contributed by atoms with Gasteiger partial charge in [0.1, 0.15) is 5.82 Å². The number of aromatic nitrogens is 1. The number of aromatic carboxylic acids is 1. The molecule has 0 saturated heterocycles. The molecule has 1 heterocycles. The highest BCUT2D eigenvalue weighted by Gasteiger charge is 2.13. The minimum atomic E-state index is -1.20. The number of anilines is 3. The van der Waals surface area contributed by atoms with Gasteiger partial charge in [-0.25, -0.2) is 14.2 Å². The zero-order chi connectivity index (χ0) is 14.9. The fourth-order valence-corrected chi connectivity index (χ4v) is 2.02. The van der Waals surface area contributed by atoms with E-state index in [4.69, 9.17) is 34.0 Å². The molecule has 0 aliphatic rings. The molecule has 20 heavy (non-hydrogen) atoms. The number of nitrogen functional groups attached to an aromatic ring is 1. The summed E-state index contributed by atoms with van der Waals surface area (Å²) in [7, 11) is 0. The van der Waals surface area contributed by atoms with E-state index >= 15 is 0 Å². The van der Waals surface area contributed by atoms with Crippen molar-refractivity contribution in [3.8, 4) is 0 Å². The number of benzene rings is 1. The first-order valence-electron chi connectivity index (χ1n) is 5.30. The van der Waals surface area contributed by atoms with E-state index in [1.165, 1.54) is 12.1 Å². The quantitative estimate of drug-likeness (QED) is 0.806. The van der Waals surface area contributed by atoms with E-state index in [-0.39, 0.29) is 32.9 Å². The number of hydrogen-bond acceptors (Lipinski definition) is 4. The minimum Gasteiger partial charge on any atom is -0.477 e. The van der Waals surface area contributed by atoms with Gasteiger partial charge in [0.2, 0.25) is 0 Å². The second-order valence-corrected chi connectivity index (χ2v) is 4.62. The summed E-state index contributed by atoms with van der Waals surface area (Å²) in [5, 5.41) is 11.6. The maximum absolute atomic E-state index is 13.1. The Morgan fingerprint density at radius 3 is 2.45 bits per heavy atom. The lowest BCUT2D eigenvalue weighted by Gasteiger charge is -2.12. The van der Waals surface area contributed by atoms with Gasteiger partial charge >= 0.3 is 5.97 Å². The number of nitrogens with one attached hydrogen (secondary N) is 1. The molecule has 2 rings (SSSR count). The molecular formula is C12H8Cl2FN3O2. The van der Waals surface area contributed by atoms with Gasteiger partial charge in [-0.05, 0) is 24.3 Å². The van der Waals surface area contributed by atoms with Crippen LogP contribution in [0.2, 0.25) is 10.0 Å². The average molecular weight is 316 g/mol. The van der Waals surface area contributed by atoms with Crippen molar-refractivity contribution in [3.05, 3.63) is 45.8 Å².